The predicted octanol–water partition coefficient (Wildman–Crippen LogP) is 3.62. The van der Waals surface area contributed by atoms with Crippen LogP contribution in [0.3, 0.4) is 0 Å². The van der Waals surface area contributed by atoms with Crippen LogP contribution in [-0.2, 0) is 25.5 Å². The summed E-state index contributed by atoms with van der Waals surface area (Å²) in [5.74, 6) is -0.880. The van der Waals surface area contributed by atoms with Gasteiger partial charge in [0.25, 0.3) is 0 Å². The molecule has 0 amide bonds. The molecule has 4 heteroatoms. The van der Waals surface area contributed by atoms with Crippen molar-refractivity contribution in [2.24, 2.45) is 0 Å². The molecule has 1 aromatic carbocycles. The van der Waals surface area contributed by atoms with Crippen molar-refractivity contribution in [3.8, 4) is 0 Å². The SMILES string of the molecule is COC(=O)/C=C(\C=C\C(=O)OC(C)(C)C)CCc1ccccc1. The van der Waals surface area contributed by atoms with E-state index in [1.54, 1.807) is 26.8 Å². The van der Waals surface area contributed by atoms with Crippen molar-refractivity contribution in [3.63, 3.8) is 0 Å². The van der Waals surface area contributed by atoms with Crippen molar-refractivity contribution in [3.05, 3.63) is 59.7 Å². The van der Waals surface area contributed by atoms with E-state index >= 15 is 0 Å². The topological polar surface area (TPSA) is 52.6 Å². The number of hydrogen-bond donors (Lipinski definition) is 0. The largest absolute Gasteiger partial charge is 0.466 e. The van der Waals surface area contributed by atoms with E-state index in [9.17, 15) is 9.59 Å². The van der Waals surface area contributed by atoms with E-state index in [0.717, 1.165) is 12.0 Å². The fourth-order valence-electron chi connectivity index (χ4n) is 1.86. The van der Waals surface area contributed by atoms with E-state index in [0.29, 0.717) is 12.0 Å². The summed E-state index contributed by atoms with van der Waals surface area (Å²) in [5.41, 5.74) is 1.33. The van der Waals surface area contributed by atoms with Crippen molar-refractivity contribution in [1.82, 2.24) is 0 Å². The average Bonchev–Trinajstić information content (AvgIpc) is 2.49. The van der Waals surface area contributed by atoms with Crippen LogP contribution in [0.5, 0.6) is 0 Å². The molecule has 0 bridgehead atoms. The summed E-state index contributed by atoms with van der Waals surface area (Å²) in [7, 11) is 1.32. The highest BCUT2D eigenvalue weighted by Crippen LogP contribution is 2.12. The van der Waals surface area contributed by atoms with E-state index in [1.165, 1.54) is 19.3 Å². The molecule has 4 nitrogen and oxygen atoms in total. The van der Waals surface area contributed by atoms with Crippen molar-refractivity contribution in [2.45, 2.75) is 39.2 Å². The lowest BCUT2D eigenvalue weighted by atomic mass is 10.0. The van der Waals surface area contributed by atoms with Gasteiger partial charge in [-0.05, 0) is 44.7 Å². The first kappa shape index (κ1) is 18.7. The second-order valence-electron chi connectivity index (χ2n) is 6.09. The maximum Gasteiger partial charge on any atom is 0.331 e. The normalized spacial score (nSPS) is 12.3. The molecule has 0 aliphatic rings. The Hall–Kier alpha value is -2.36. The number of hydrogen-bond acceptors (Lipinski definition) is 4. The van der Waals surface area contributed by atoms with Gasteiger partial charge in [-0.15, -0.1) is 0 Å². The van der Waals surface area contributed by atoms with Crippen molar-refractivity contribution < 1.29 is 19.1 Å². The highest BCUT2D eigenvalue weighted by molar-refractivity contribution is 5.85. The van der Waals surface area contributed by atoms with Crippen molar-refractivity contribution >= 4 is 11.9 Å². The summed E-state index contributed by atoms with van der Waals surface area (Å²) >= 11 is 0. The summed E-state index contributed by atoms with van der Waals surface area (Å²) in [6.07, 6.45) is 5.73. The molecule has 23 heavy (non-hydrogen) atoms. The Morgan fingerprint density at radius 1 is 1.04 bits per heavy atom. The number of rotatable bonds is 6. The lowest BCUT2D eigenvalue weighted by Gasteiger charge is -2.18. The minimum Gasteiger partial charge on any atom is -0.466 e. The Bertz CT molecular complexity index is 577. The van der Waals surface area contributed by atoms with Crippen LogP contribution in [0.25, 0.3) is 0 Å². The quantitative estimate of drug-likeness (QED) is 0.457. The Morgan fingerprint density at radius 3 is 2.26 bits per heavy atom. The van der Waals surface area contributed by atoms with Crippen LogP contribution in [0.15, 0.2) is 54.1 Å². The van der Waals surface area contributed by atoms with Gasteiger partial charge in [0.15, 0.2) is 0 Å². The average molecular weight is 316 g/mol. The van der Waals surface area contributed by atoms with Gasteiger partial charge in [0, 0.05) is 12.2 Å². The Labute approximate surface area is 137 Å². The zero-order chi connectivity index (χ0) is 17.3. The molecule has 0 N–H and O–H groups in total. The zero-order valence-electron chi connectivity index (χ0n) is 14.2. The number of benzene rings is 1. The summed E-state index contributed by atoms with van der Waals surface area (Å²) < 4.78 is 9.87. The monoisotopic (exact) mass is 316 g/mol. The molecule has 0 fully saturated rings. The molecule has 1 aromatic rings. The Kier molecular flexibility index (Phi) is 7.26. The number of allylic oxidation sites excluding steroid dienone is 2. The van der Waals surface area contributed by atoms with Gasteiger partial charge in [0.05, 0.1) is 7.11 Å². The highest BCUT2D eigenvalue weighted by Gasteiger charge is 2.14. The molecule has 0 aromatic heterocycles. The Morgan fingerprint density at radius 2 is 1.70 bits per heavy atom. The number of esters is 2. The second-order valence-corrected chi connectivity index (χ2v) is 6.09. The predicted molar refractivity (Wildman–Crippen MR) is 89.8 cm³/mol. The number of aryl methyl sites for hydroxylation is 1. The first-order chi connectivity index (χ1) is 10.8. The van der Waals surface area contributed by atoms with E-state index in [-0.39, 0.29) is 0 Å². The minimum absolute atomic E-state index is 0.437. The van der Waals surface area contributed by atoms with Gasteiger partial charge in [0.2, 0.25) is 0 Å². The lowest BCUT2D eigenvalue weighted by Crippen LogP contribution is -2.22. The van der Waals surface area contributed by atoms with Crippen molar-refractivity contribution in [2.75, 3.05) is 7.11 Å². The van der Waals surface area contributed by atoms with E-state index < -0.39 is 17.5 Å². The highest BCUT2D eigenvalue weighted by atomic mass is 16.6. The number of methoxy groups -OCH3 is 1. The molecule has 0 spiro atoms. The molecular formula is C19H24O4. The van der Waals surface area contributed by atoms with Gasteiger partial charge in [-0.1, -0.05) is 36.4 Å². The number of carbonyl (C=O) groups is 2. The second kappa shape index (κ2) is 8.93. The van der Waals surface area contributed by atoms with Crippen LogP contribution in [0.2, 0.25) is 0 Å². The smallest absolute Gasteiger partial charge is 0.331 e. The number of ether oxygens (including phenoxy) is 2. The standard InChI is InChI=1S/C19H24O4/c1-19(2,3)23-17(20)13-12-16(14-18(21)22-4)11-10-15-8-6-5-7-9-15/h5-9,12-14H,10-11H2,1-4H3/b13-12+,16-14-. The first-order valence-corrected chi connectivity index (χ1v) is 7.53. The van der Waals surface area contributed by atoms with E-state index in [2.05, 4.69) is 4.74 Å². The molecule has 0 saturated heterocycles. The van der Waals surface area contributed by atoms with Crippen LogP contribution < -0.4 is 0 Å². The maximum atomic E-state index is 11.7. The van der Waals surface area contributed by atoms with E-state index in [4.69, 9.17) is 4.74 Å². The molecule has 124 valence electrons. The molecule has 0 aliphatic carbocycles. The fraction of sp³-hybridized carbons (Fsp3) is 0.368. The van der Waals surface area contributed by atoms with Crippen LogP contribution in [0.4, 0.5) is 0 Å². The summed E-state index contributed by atoms with van der Waals surface area (Å²) in [5, 5.41) is 0. The van der Waals surface area contributed by atoms with Crippen LogP contribution >= 0.6 is 0 Å². The molecule has 1 rings (SSSR count). The van der Waals surface area contributed by atoms with Gasteiger partial charge < -0.3 is 9.47 Å². The third-order valence-electron chi connectivity index (χ3n) is 2.89. The van der Waals surface area contributed by atoms with Gasteiger partial charge in [-0.2, -0.15) is 0 Å². The molecular weight excluding hydrogens is 292 g/mol. The lowest BCUT2D eigenvalue weighted by molar-refractivity contribution is -0.148. The Balaban J connectivity index is 2.75. The van der Waals surface area contributed by atoms with Crippen LogP contribution in [-0.4, -0.2) is 24.6 Å². The summed E-state index contributed by atoms with van der Waals surface area (Å²) in [6, 6.07) is 9.93. The molecule has 0 heterocycles. The third kappa shape index (κ3) is 8.61. The van der Waals surface area contributed by atoms with Gasteiger partial charge in [-0.3, -0.25) is 0 Å². The zero-order valence-corrected chi connectivity index (χ0v) is 14.2. The molecule has 0 aliphatic heterocycles. The third-order valence-corrected chi connectivity index (χ3v) is 2.89. The molecule has 0 unspecified atom stereocenters. The van der Waals surface area contributed by atoms with Gasteiger partial charge in [-0.25, -0.2) is 9.59 Å². The van der Waals surface area contributed by atoms with Crippen molar-refractivity contribution in [1.29, 1.82) is 0 Å². The number of carbonyl (C=O) groups excluding carboxylic acids is 2. The van der Waals surface area contributed by atoms with E-state index in [1.807, 2.05) is 30.3 Å². The summed E-state index contributed by atoms with van der Waals surface area (Å²) in [6.45, 7) is 5.41. The van der Waals surface area contributed by atoms with Gasteiger partial charge in [0.1, 0.15) is 5.60 Å². The molecule has 0 atom stereocenters. The molecule has 0 saturated carbocycles. The van der Waals surface area contributed by atoms with Crippen LogP contribution in [0.1, 0.15) is 32.8 Å². The minimum atomic E-state index is -0.544. The fourth-order valence-corrected chi connectivity index (χ4v) is 1.86. The van der Waals surface area contributed by atoms with Gasteiger partial charge >= 0.3 is 11.9 Å². The summed E-state index contributed by atoms with van der Waals surface area (Å²) in [4.78, 5) is 23.2. The van der Waals surface area contributed by atoms with Crippen LogP contribution in [0, 0.1) is 0 Å². The molecule has 0 radical (unpaired) electrons. The first-order valence-electron chi connectivity index (χ1n) is 7.53. The maximum absolute atomic E-state index is 11.7.